The number of hydrogen-bond acceptors (Lipinski definition) is 7. The zero-order valence-corrected chi connectivity index (χ0v) is 20.7. The smallest absolute Gasteiger partial charge is 0.306 e. The number of thiazole rings is 1. The first kappa shape index (κ1) is 22.8. The molecule has 2 atom stereocenters. The Morgan fingerprint density at radius 2 is 2.03 bits per heavy atom. The summed E-state index contributed by atoms with van der Waals surface area (Å²) in [5.41, 5.74) is 3.20. The van der Waals surface area contributed by atoms with Crippen LogP contribution in [0.15, 0.2) is 48.5 Å². The van der Waals surface area contributed by atoms with Crippen LogP contribution >= 0.6 is 11.3 Å². The Balaban J connectivity index is 1.22. The first-order chi connectivity index (χ1) is 17.5. The molecule has 6 nitrogen and oxygen atoms in total. The van der Waals surface area contributed by atoms with Crippen molar-refractivity contribution in [1.29, 1.82) is 0 Å². The number of esters is 1. The monoisotopic (exact) mass is 505 g/mol. The minimum absolute atomic E-state index is 0.0433. The first-order valence-corrected chi connectivity index (χ1v) is 12.7. The van der Waals surface area contributed by atoms with Gasteiger partial charge in [0.05, 0.1) is 35.4 Å². The number of fused-ring (bicyclic) bond motifs is 3. The molecule has 4 aromatic rings. The molecule has 1 aliphatic heterocycles. The summed E-state index contributed by atoms with van der Waals surface area (Å²) in [7, 11) is 1.38. The highest BCUT2D eigenvalue weighted by Crippen LogP contribution is 2.44. The van der Waals surface area contributed by atoms with Crippen molar-refractivity contribution in [2.45, 2.75) is 38.2 Å². The summed E-state index contributed by atoms with van der Waals surface area (Å²) >= 11 is 1.64. The van der Waals surface area contributed by atoms with E-state index in [1.54, 1.807) is 17.4 Å². The number of benzene rings is 3. The summed E-state index contributed by atoms with van der Waals surface area (Å²) < 4.78 is 39.1. The molecular weight excluding hydrogens is 481 g/mol. The topological polar surface area (TPSA) is 66.9 Å². The van der Waals surface area contributed by atoms with E-state index in [4.69, 9.17) is 18.9 Å². The van der Waals surface area contributed by atoms with E-state index in [0.717, 1.165) is 26.4 Å². The molecule has 6 rings (SSSR count). The van der Waals surface area contributed by atoms with Crippen LogP contribution < -0.4 is 14.2 Å². The van der Waals surface area contributed by atoms with Gasteiger partial charge in [0.2, 0.25) is 0 Å². The predicted molar refractivity (Wildman–Crippen MR) is 134 cm³/mol. The van der Waals surface area contributed by atoms with Gasteiger partial charge in [-0.05, 0) is 50.1 Å². The molecule has 0 radical (unpaired) electrons. The third kappa shape index (κ3) is 4.15. The number of ether oxygens (including phenoxy) is 4. The minimum Gasteiger partial charge on any atom is -0.492 e. The molecule has 8 heteroatoms. The fraction of sp³-hybridized carbons (Fsp3) is 0.286. The average molecular weight is 506 g/mol. The highest BCUT2D eigenvalue weighted by molar-refractivity contribution is 7.18. The van der Waals surface area contributed by atoms with Crippen molar-refractivity contribution in [1.82, 2.24) is 4.98 Å². The Labute approximate surface area is 211 Å². The van der Waals surface area contributed by atoms with Gasteiger partial charge in [-0.15, -0.1) is 11.3 Å². The number of aromatic nitrogens is 1. The number of rotatable bonds is 6. The minimum atomic E-state index is -0.433. The third-order valence-corrected chi connectivity index (χ3v) is 7.67. The van der Waals surface area contributed by atoms with Crippen LogP contribution in [0.2, 0.25) is 0 Å². The van der Waals surface area contributed by atoms with Crippen LogP contribution in [-0.2, 0) is 16.0 Å². The Hall–Kier alpha value is -3.65. The van der Waals surface area contributed by atoms with Crippen LogP contribution in [0.25, 0.3) is 10.2 Å². The van der Waals surface area contributed by atoms with Crippen molar-refractivity contribution in [3.05, 3.63) is 76.0 Å². The summed E-state index contributed by atoms with van der Waals surface area (Å²) in [5.74, 6) is 1.97. The number of halogens is 1. The van der Waals surface area contributed by atoms with Crippen LogP contribution in [0, 0.1) is 12.7 Å². The maximum absolute atomic E-state index is 15.0. The number of carbonyl (C=O) groups excluding carboxylic acids is 1. The molecule has 0 saturated heterocycles. The lowest BCUT2D eigenvalue weighted by atomic mass is 9.98. The molecule has 2 heterocycles. The van der Waals surface area contributed by atoms with Crippen LogP contribution in [0.4, 0.5) is 4.39 Å². The maximum atomic E-state index is 15.0. The van der Waals surface area contributed by atoms with Gasteiger partial charge in [0.15, 0.2) is 0 Å². The molecule has 0 saturated carbocycles. The van der Waals surface area contributed by atoms with Gasteiger partial charge >= 0.3 is 5.97 Å². The molecule has 36 heavy (non-hydrogen) atoms. The zero-order chi connectivity index (χ0) is 24.8. The van der Waals surface area contributed by atoms with Crippen LogP contribution in [0.5, 0.6) is 23.0 Å². The zero-order valence-electron chi connectivity index (χ0n) is 19.9. The van der Waals surface area contributed by atoms with Crippen LogP contribution in [0.3, 0.4) is 0 Å². The Kier molecular flexibility index (Phi) is 5.76. The summed E-state index contributed by atoms with van der Waals surface area (Å²) in [6.07, 6.45) is 1.12. The van der Waals surface area contributed by atoms with Crippen molar-refractivity contribution in [2.24, 2.45) is 0 Å². The number of carbonyl (C=O) groups is 1. The van der Waals surface area contributed by atoms with Crippen molar-refractivity contribution in [3.8, 4) is 23.0 Å². The van der Waals surface area contributed by atoms with E-state index < -0.39 is 6.10 Å². The fourth-order valence-corrected chi connectivity index (χ4v) is 5.82. The second-order valence-corrected chi connectivity index (χ2v) is 10.3. The average Bonchev–Trinajstić information content (AvgIpc) is 3.57. The SMILES string of the molecule is COC(=O)CC1COc2cc(O[C@@H]3CCc4c(Oc5ccc6sc(C)nc6c5)ccc(F)c43)ccc21. The normalized spacial score (nSPS) is 18.0. The summed E-state index contributed by atoms with van der Waals surface area (Å²) in [6.45, 7) is 2.40. The molecular formula is C28H24FNO5S. The summed E-state index contributed by atoms with van der Waals surface area (Å²) in [6, 6.07) is 14.5. The molecule has 3 aromatic carbocycles. The van der Waals surface area contributed by atoms with E-state index in [-0.39, 0.29) is 24.1 Å². The Morgan fingerprint density at radius 1 is 1.17 bits per heavy atom. The van der Waals surface area contributed by atoms with Gasteiger partial charge in [-0.2, -0.15) is 0 Å². The van der Waals surface area contributed by atoms with Gasteiger partial charge in [0.25, 0.3) is 0 Å². The van der Waals surface area contributed by atoms with Gasteiger partial charge in [0.1, 0.15) is 34.9 Å². The van der Waals surface area contributed by atoms with Crippen molar-refractivity contribution in [3.63, 3.8) is 0 Å². The molecule has 1 unspecified atom stereocenters. The van der Waals surface area contributed by atoms with E-state index in [0.29, 0.717) is 48.0 Å². The molecule has 2 aliphatic rings. The summed E-state index contributed by atoms with van der Waals surface area (Å²) in [5, 5.41) is 1.00. The first-order valence-electron chi connectivity index (χ1n) is 11.8. The third-order valence-electron chi connectivity index (χ3n) is 6.72. The molecule has 0 N–H and O–H groups in total. The highest BCUT2D eigenvalue weighted by Gasteiger charge is 2.32. The van der Waals surface area contributed by atoms with Gasteiger partial charge < -0.3 is 18.9 Å². The van der Waals surface area contributed by atoms with Crippen LogP contribution in [-0.4, -0.2) is 24.7 Å². The van der Waals surface area contributed by atoms with E-state index in [2.05, 4.69) is 4.98 Å². The molecule has 1 aliphatic carbocycles. The molecule has 0 amide bonds. The lowest BCUT2D eigenvalue weighted by molar-refractivity contribution is -0.141. The molecule has 0 fully saturated rings. The number of aryl methyl sites for hydroxylation is 1. The van der Waals surface area contributed by atoms with Gasteiger partial charge in [-0.1, -0.05) is 6.07 Å². The van der Waals surface area contributed by atoms with Crippen LogP contribution in [0.1, 0.15) is 46.6 Å². The largest absolute Gasteiger partial charge is 0.492 e. The molecule has 1 aromatic heterocycles. The van der Waals surface area contributed by atoms with Gasteiger partial charge in [-0.25, -0.2) is 9.37 Å². The quantitative estimate of drug-likeness (QED) is 0.274. The van der Waals surface area contributed by atoms with Crippen molar-refractivity contribution >= 4 is 27.5 Å². The molecule has 0 bridgehead atoms. The Bertz CT molecular complexity index is 1480. The lowest BCUT2D eigenvalue weighted by Gasteiger charge is -2.17. The second-order valence-electron chi connectivity index (χ2n) is 9.04. The van der Waals surface area contributed by atoms with Gasteiger partial charge in [0, 0.05) is 34.7 Å². The van der Waals surface area contributed by atoms with Crippen molar-refractivity contribution in [2.75, 3.05) is 13.7 Å². The number of nitrogens with zero attached hydrogens (tertiary/aromatic N) is 1. The standard InChI is InChI=1S/C28H24FNO5S/c1-15-30-22-12-17(4-10-26(22)36-15)34-23-9-7-21(29)28-20(23)6-8-24(28)35-18-3-5-19-16(11-27(31)32-2)14-33-25(19)13-18/h3-5,7,9-10,12-13,16,24H,6,8,11,14H2,1-2H3/t16?,24-/m1/s1. The molecule has 0 spiro atoms. The number of methoxy groups -OCH3 is 1. The lowest BCUT2D eigenvalue weighted by Crippen LogP contribution is -2.09. The van der Waals surface area contributed by atoms with E-state index in [1.807, 2.05) is 43.3 Å². The number of hydrogen-bond donors (Lipinski definition) is 0. The predicted octanol–water partition coefficient (Wildman–Crippen LogP) is 6.64. The fourth-order valence-electron chi connectivity index (χ4n) is 5.02. The van der Waals surface area contributed by atoms with Crippen molar-refractivity contribution < 1.29 is 28.1 Å². The van der Waals surface area contributed by atoms with E-state index in [1.165, 1.54) is 13.2 Å². The summed E-state index contributed by atoms with van der Waals surface area (Å²) in [4.78, 5) is 16.2. The maximum Gasteiger partial charge on any atom is 0.306 e. The van der Waals surface area contributed by atoms with E-state index in [9.17, 15) is 9.18 Å². The van der Waals surface area contributed by atoms with Gasteiger partial charge in [-0.3, -0.25) is 4.79 Å². The van der Waals surface area contributed by atoms with E-state index >= 15 is 0 Å². The second kappa shape index (κ2) is 9.09. The highest BCUT2D eigenvalue weighted by atomic mass is 32.1. The molecule has 184 valence electrons. The Morgan fingerprint density at radius 3 is 2.89 bits per heavy atom.